The summed E-state index contributed by atoms with van der Waals surface area (Å²) >= 11 is 0. The van der Waals surface area contributed by atoms with Gasteiger partial charge in [0, 0.05) is 16.6 Å². The van der Waals surface area contributed by atoms with E-state index < -0.39 is 13.9 Å². The van der Waals surface area contributed by atoms with Gasteiger partial charge in [0.05, 0.1) is 0 Å². The Bertz CT molecular complexity index is 538. The van der Waals surface area contributed by atoms with Gasteiger partial charge >= 0.3 is 0 Å². The largest absolute Gasteiger partial charge is 0.774 e. The van der Waals surface area contributed by atoms with Crippen molar-refractivity contribution in [2.75, 3.05) is 0 Å². The highest BCUT2D eigenvalue weighted by Crippen LogP contribution is 2.27. The van der Waals surface area contributed by atoms with Crippen molar-refractivity contribution in [3.63, 3.8) is 0 Å². The van der Waals surface area contributed by atoms with Crippen LogP contribution in [0.15, 0.2) is 36.5 Å². The van der Waals surface area contributed by atoms with Crippen molar-refractivity contribution in [2.45, 2.75) is 6.29 Å². The Kier molecular flexibility index (Phi) is 2.52. The summed E-state index contributed by atoms with van der Waals surface area (Å²) in [7, 11) is -4.32. The molecule has 0 saturated carbocycles. The van der Waals surface area contributed by atoms with Crippen molar-refractivity contribution in [1.29, 1.82) is 0 Å². The lowest BCUT2D eigenvalue weighted by Gasteiger charge is -2.09. The molecule has 0 aliphatic carbocycles. The molecule has 1 aromatic carbocycles. The van der Waals surface area contributed by atoms with Gasteiger partial charge in [-0.05, 0) is 6.07 Å². The minimum absolute atomic E-state index is 0.502. The van der Waals surface area contributed by atoms with Crippen molar-refractivity contribution in [2.24, 2.45) is 0 Å². The molecule has 2 rings (SSSR count). The Labute approximate surface area is 86.1 Å². The fourth-order valence-electron chi connectivity index (χ4n) is 1.32. The first-order valence-electron chi connectivity index (χ1n) is 4.33. The van der Waals surface area contributed by atoms with Gasteiger partial charge in [-0.2, -0.15) is 0 Å². The zero-order valence-corrected chi connectivity index (χ0v) is 8.67. The molecule has 0 saturated heterocycles. The van der Waals surface area contributed by atoms with Crippen LogP contribution >= 0.6 is 7.60 Å². The van der Waals surface area contributed by atoms with E-state index >= 15 is 0 Å². The summed E-state index contributed by atoms with van der Waals surface area (Å²) in [5.41, 5.74) is 0.688. The summed E-state index contributed by atoms with van der Waals surface area (Å²) in [6.45, 7) is 0. The first kappa shape index (κ1) is 10.2. The number of fused-ring (bicyclic) bond motifs is 1. The van der Waals surface area contributed by atoms with Gasteiger partial charge in [-0.1, -0.05) is 22.9 Å². The molecule has 0 aliphatic rings. The van der Waals surface area contributed by atoms with Crippen LogP contribution in [-0.2, 0) is 10.9 Å². The van der Waals surface area contributed by atoms with Crippen LogP contribution in [0.2, 0.25) is 0 Å². The zero-order chi connectivity index (χ0) is 10.9. The van der Waals surface area contributed by atoms with E-state index in [-0.39, 0.29) is 0 Å². The van der Waals surface area contributed by atoms with Gasteiger partial charge in [0.25, 0.3) is 0 Å². The quantitative estimate of drug-likeness (QED) is 0.576. The normalized spacial score (nSPS) is 15.1. The Hall–Kier alpha value is -1.29. The van der Waals surface area contributed by atoms with Crippen LogP contribution in [0.25, 0.3) is 10.9 Å². The highest BCUT2D eigenvalue weighted by molar-refractivity contribution is 7.48. The third-order valence-electron chi connectivity index (χ3n) is 1.92. The molecule has 1 unspecified atom stereocenters. The average molecular weight is 224 g/mol. The molecule has 78 valence electrons. The maximum Gasteiger partial charge on any atom is 0.235 e. The van der Waals surface area contributed by atoms with E-state index in [1.165, 1.54) is 10.9 Å². The van der Waals surface area contributed by atoms with E-state index in [2.05, 4.69) is 5.10 Å². The lowest BCUT2D eigenvalue weighted by atomic mass is 10.2. The van der Waals surface area contributed by atoms with Crippen molar-refractivity contribution in [1.82, 2.24) is 5.10 Å². The number of aromatic nitrogens is 2. The molecule has 15 heavy (non-hydrogen) atoms. The molecule has 5 nitrogen and oxygen atoms in total. The number of hydrogen-bond donors (Lipinski definition) is 1. The molecule has 0 aliphatic heterocycles. The SMILES string of the molecule is O=P([O-])(O)C[n+]1ccc2ccccc2n1. The lowest BCUT2D eigenvalue weighted by Crippen LogP contribution is -2.38. The molecule has 0 amide bonds. The molecule has 0 spiro atoms. The zero-order valence-electron chi connectivity index (χ0n) is 7.78. The van der Waals surface area contributed by atoms with Gasteiger partial charge in [-0.25, -0.2) is 0 Å². The summed E-state index contributed by atoms with van der Waals surface area (Å²) in [6.07, 6.45) is 1.01. The standard InChI is InChI=1S/C9H9N2O3P/c12-15(13,14)7-11-6-5-8-3-1-2-4-9(8)10-11/h1-6H,7H2,(H-,12,13,14). The van der Waals surface area contributed by atoms with Crippen molar-refractivity contribution < 1.29 is 19.0 Å². The van der Waals surface area contributed by atoms with Crippen LogP contribution in [-0.4, -0.2) is 9.99 Å². The van der Waals surface area contributed by atoms with Gasteiger partial charge in [0.15, 0.2) is 6.20 Å². The first-order chi connectivity index (χ1) is 7.04. The molecule has 1 N–H and O–H groups in total. The van der Waals surface area contributed by atoms with Crippen LogP contribution in [0.5, 0.6) is 0 Å². The second kappa shape index (κ2) is 3.70. The molecule has 1 heterocycles. The third-order valence-corrected chi connectivity index (χ3v) is 2.57. The lowest BCUT2D eigenvalue weighted by molar-refractivity contribution is -0.738. The van der Waals surface area contributed by atoms with Gasteiger partial charge in [-0.3, -0.25) is 0 Å². The fourth-order valence-corrected chi connectivity index (χ4v) is 1.84. The van der Waals surface area contributed by atoms with E-state index in [0.717, 1.165) is 5.39 Å². The summed E-state index contributed by atoms with van der Waals surface area (Å²) in [5.74, 6) is 0. The topological polar surface area (TPSA) is 77.1 Å². The molecule has 1 aromatic heterocycles. The van der Waals surface area contributed by atoms with Crippen molar-refractivity contribution in [3.05, 3.63) is 36.5 Å². The second-order valence-electron chi connectivity index (χ2n) is 3.19. The highest BCUT2D eigenvalue weighted by Gasteiger charge is 2.12. The molecule has 0 fully saturated rings. The predicted octanol–water partition coefficient (Wildman–Crippen LogP) is 0.0255. The van der Waals surface area contributed by atoms with Gasteiger partial charge in [0.1, 0.15) is 5.52 Å². The first-order valence-corrected chi connectivity index (χ1v) is 6.09. The van der Waals surface area contributed by atoms with Crippen LogP contribution in [0.4, 0.5) is 0 Å². The van der Waals surface area contributed by atoms with Crippen LogP contribution in [0.1, 0.15) is 0 Å². The summed E-state index contributed by atoms with van der Waals surface area (Å²) in [5, 5.41) is 4.97. The maximum atomic E-state index is 10.7. The highest BCUT2D eigenvalue weighted by atomic mass is 31.2. The average Bonchev–Trinajstić information content (AvgIpc) is 2.15. The van der Waals surface area contributed by atoms with Gasteiger partial charge < -0.3 is 14.4 Å². The van der Waals surface area contributed by atoms with E-state index in [1.54, 1.807) is 12.1 Å². The van der Waals surface area contributed by atoms with Gasteiger partial charge in [0.2, 0.25) is 13.9 Å². The van der Waals surface area contributed by atoms with E-state index in [4.69, 9.17) is 4.89 Å². The Balaban J connectivity index is 2.43. The Morgan fingerprint density at radius 3 is 2.87 bits per heavy atom. The number of rotatable bonds is 2. The smallest absolute Gasteiger partial charge is 0.235 e. The van der Waals surface area contributed by atoms with Crippen LogP contribution in [0, 0.1) is 0 Å². The summed E-state index contributed by atoms with van der Waals surface area (Å²) < 4.78 is 11.8. The van der Waals surface area contributed by atoms with E-state index in [0.29, 0.717) is 5.52 Å². The fraction of sp³-hybridized carbons (Fsp3) is 0.111. The molecule has 0 radical (unpaired) electrons. The maximum absolute atomic E-state index is 10.7. The number of benzene rings is 1. The molecule has 0 bridgehead atoms. The molecular formula is C9H9N2O3P. The number of nitrogens with zero attached hydrogens (tertiary/aromatic N) is 2. The Morgan fingerprint density at radius 2 is 2.13 bits per heavy atom. The summed E-state index contributed by atoms with van der Waals surface area (Å²) in [4.78, 5) is 19.3. The third kappa shape index (κ3) is 2.59. The minimum atomic E-state index is -4.32. The predicted molar refractivity (Wildman–Crippen MR) is 51.8 cm³/mol. The van der Waals surface area contributed by atoms with Crippen molar-refractivity contribution >= 4 is 18.5 Å². The van der Waals surface area contributed by atoms with E-state index in [1.807, 2.05) is 18.2 Å². The monoisotopic (exact) mass is 224 g/mol. The Morgan fingerprint density at radius 1 is 1.40 bits per heavy atom. The van der Waals surface area contributed by atoms with Crippen molar-refractivity contribution in [3.8, 4) is 0 Å². The number of hydrogen-bond acceptors (Lipinski definition) is 3. The minimum Gasteiger partial charge on any atom is -0.774 e. The second-order valence-corrected chi connectivity index (χ2v) is 4.75. The van der Waals surface area contributed by atoms with Crippen LogP contribution < -0.4 is 9.58 Å². The van der Waals surface area contributed by atoms with Crippen LogP contribution in [0.3, 0.4) is 0 Å². The molecule has 2 aromatic rings. The molecular weight excluding hydrogens is 215 g/mol. The summed E-state index contributed by atoms with van der Waals surface area (Å²) in [6, 6.07) is 9.09. The van der Waals surface area contributed by atoms with Gasteiger partial charge in [-0.15, -0.1) is 0 Å². The van der Waals surface area contributed by atoms with E-state index in [9.17, 15) is 9.46 Å². The molecule has 6 heteroatoms. The molecule has 1 atom stereocenters.